The molecule has 3 aromatic carbocycles. The molecule has 0 unspecified atom stereocenters. The van der Waals surface area contributed by atoms with Crippen LogP contribution >= 0.6 is 0 Å². The maximum absolute atomic E-state index is 13.4. The topological polar surface area (TPSA) is 67.8 Å². The maximum Gasteiger partial charge on any atom is 0.417 e. The van der Waals surface area contributed by atoms with Crippen molar-refractivity contribution in [1.82, 2.24) is 0 Å². The SMILES string of the molecule is COc1ccc(-c2oc(/N=C/c3ccccc3C(F)(F)F)c(C#N)c2-c2ccc(OC)cc2)cc1. The van der Waals surface area contributed by atoms with Crippen molar-refractivity contribution in [3.8, 4) is 40.0 Å². The Labute approximate surface area is 199 Å². The third kappa shape index (κ3) is 4.89. The monoisotopic (exact) mass is 476 g/mol. The van der Waals surface area contributed by atoms with Gasteiger partial charge in [0.15, 0.2) is 0 Å². The van der Waals surface area contributed by atoms with Crippen LogP contribution in [0.4, 0.5) is 19.1 Å². The van der Waals surface area contributed by atoms with Crippen LogP contribution in [0.15, 0.2) is 82.2 Å². The zero-order chi connectivity index (χ0) is 25.0. The molecule has 0 aliphatic rings. The summed E-state index contributed by atoms with van der Waals surface area (Å²) < 4.78 is 56.6. The van der Waals surface area contributed by atoms with E-state index in [0.29, 0.717) is 33.9 Å². The van der Waals surface area contributed by atoms with Gasteiger partial charge >= 0.3 is 6.18 Å². The summed E-state index contributed by atoms with van der Waals surface area (Å²) in [5, 5.41) is 9.98. The van der Waals surface area contributed by atoms with Crippen molar-refractivity contribution in [2.45, 2.75) is 6.18 Å². The van der Waals surface area contributed by atoms with E-state index in [1.807, 2.05) is 0 Å². The zero-order valence-electron chi connectivity index (χ0n) is 18.8. The van der Waals surface area contributed by atoms with Crippen LogP contribution in [-0.2, 0) is 6.18 Å². The minimum absolute atomic E-state index is 0.0962. The quantitative estimate of drug-likeness (QED) is 0.275. The van der Waals surface area contributed by atoms with Gasteiger partial charge in [0.2, 0.25) is 5.88 Å². The molecule has 1 aromatic heterocycles. The average molecular weight is 476 g/mol. The molecule has 0 aliphatic heterocycles. The van der Waals surface area contributed by atoms with Crippen LogP contribution in [0.1, 0.15) is 16.7 Å². The molecule has 0 spiro atoms. The Morgan fingerprint density at radius 2 is 1.43 bits per heavy atom. The molecular formula is C27H19F3N2O3. The highest BCUT2D eigenvalue weighted by molar-refractivity contribution is 5.90. The molecule has 0 atom stereocenters. The molecule has 5 nitrogen and oxygen atoms in total. The van der Waals surface area contributed by atoms with Crippen LogP contribution in [0.5, 0.6) is 11.5 Å². The van der Waals surface area contributed by atoms with Gasteiger partial charge in [-0.25, -0.2) is 4.99 Å². The van der Waals surface area contributed by atoms with Crippen molar-refractivity contribution in [2.75, 3.05) is 14.2 Å². The molecule has 0 aliphatic carbocycles. The van der Waals surface area contributed by atoms with Gasteiger partial charge in [-0.3, -0.25) is 0 Å². The number of hydrogen-bond donors (Lipinski definition) is 0. The summed E-state index contributed by atoms with van der Waals surface area (Å²) in [6.45, 7) is 0. The molecular weight excluding hydrogens is 457 g/mol. The van der Waals surface area contributed by atoms with Gasteiger partial charge in [0.05, 0.1) is 19.8 Å². The Hall–Kier alpha value is -4.51. The lowest BCUT2D eigenvalue weighted by atomic mass is 9.98. The zero-order valence-corrected chi connectivity index (χ0v) is 18.8. The summed E-state index contributed by atoms with van der Waals surface area (Å²) in [5.74, 6) is 1.52. The minimum atomic E-state index is -4.55. The molecule has 0 radical (unpaired) electrons. The molecule has 8 heteroatoms. The Bertz CT molecular complexity index is 1400. The Morgan fingerprint density at radius 1 is 0.857 bits per heavy atom. The van der Waals surface area contributed by atoms with Crippen molar-refractivity contribution in [3.63, 3.8) is 0 Å². The first kappa shape index (κ1) is 23.6. The van der Waals surface area contributed by atoms with Gasteiger partial charge in [0, 0.05) is 22.9 Å². The van der Waals surface area contributed by atoms with E-state index in [2.05, 4.69) is 11.1 Å². The number of nitriles is 1. The smallest absolute Gasteiger partial charge is 0.417 e. The fourth-order valence-electron chi connectivity index (χ4n) is 3.59. The first-order chi connectivity index (χ1) is 16.9. The van der Waals surface area contributed by atoms with Gasteiger partial charge in [0.1, 0.15) is 28.9 Å². The molecule has 0 saturated carbocycles. The van der Waals surface area contributed by atoms with Gasteiger partial charge < -0.3 is 13.9 Å². The van der Waals surface area contributed by atoms with Crippen molar-refractivity contribution >= 4 is 12.1 Å². The largest absolute Gasteiger partial charge is 0.497 e. The van der Waals surface area contributed by atoms with E-state index >= 15 is 0 Å². The lowest BCUT2D eigenvalue weighted by Gasteiger charge is -2.08. The van der Waals surface area contributed by atoms with Crippen LogP contribution in [0.2, 0.25) is 0 Å². The standard InChI is InChI=1S/C27H19F3N2O3/c1-33-20-11-7-17(8-12-20)24-22(15-31)26(35-25(24)18-9-13-21(34-2)14-10-18)32-16-19-5-3-4-6-23(19)27(28,29)30/h3-14,16H,1-2H3/b32-16+. The Balaban J connectivity index is 1.88. The highest BCUT2D eigenvalue weighted by Gasteiger charge is 2.32. The van der Waals surface area contributed by atoms with Crippen molar-refractivity contribution in [3.05, 3.63) is 89.5 Å². The summed E-state index contributed by atoms with van der Waals surface area (Å²) in [6, 6.07) is 21.2. The van der Waals surface area contributed by atoms with E-state index in [1.54, 1.807) is 62.8 Å². The number of hydrogen-bond acceptors (Lipinski definition) is 5. The molecule has 4 rings (SSSR count). The second kappa shape index (κ2) is 9.77. The number of methoxy groups -OCH3 is 2. The Morgan fingerprint density at radius 3 is 1.97 bits per heavy atom. The molecule has 0 bridgehead atoms. The highest BCUT2D eigenvalue weighted by Crippen LogP contribution is 2.43. The van der Waals surface area contributed by atoms with E-state index in [1.165, 1.54) is 18.2 Å². The van der Waals surface area contributed by atoms with Gasteiger partial charge in [-0.1, -0.05) is 30.3 Å². The number of alkyl halides is 3. The van der Waals surface area contributed by atoms with Crippen LogP contribution < -0.4 is 9.47 Å². The highest BCUT2D eigenvalue weighted by atomic mass is 19.4. The van der Waals surface area contributed by atoms with E-state index < -0.39 is 11.7 Å². The maximum atomic E-state index is 13.4. The number of furan rings is 1. The van der Waals surface area contributed by atoms with Crippen LogP contribution in [0.3, 0.4) is 0 Å². The van der Waals surface area contributed by atoms with Gasteiger partial charge in [-0.15, -0.1) is 0 Å². The third-order valence-corrected chi connectivity index (χ3v) is 5.32. The second-order valence-electron chi connectivity index (χ2n) is 7.40. The molecule has 0 fully saturated rings. The normalized spacial score (nSPS) is 11.4. The molecule has 1 heterocycles. The number of rotatable bonds is 6. The van der Waals surface area contributed by atoms with Crippen molar-refractivity contribution in [1.29, 1.82) is 5.26 Å². The summed E-state index contributed by atoms with van der Waals surface area (Å²) in [6.07, 6.45) is -3.50. The fourth-order valence-corrected chi connectivity index (χ4v) is 3.59. The number of benzene rings is 3. The summed E-state index contributed by atoms with van der Waals surface area (Å²) in [4.78, 5) is 4.16. The number of halogens is 3. The van der Waals surface area contributed by atoms with Gasteiger partial charge in [0.25, 0.3) is 0 Å². The number of aliphatic imine (C=N–C) groups is 1. The predicted molar refractivity (Wildman–Crippen MR) is 126 cm³/mol. The predicted octanol–water partition coefficient (Wildman–Crippen LogP) is 7.27. The van der Waals surface area contributed by atoms with Crippen LogP contribution in [0.25, 0.3) is 22.5 Å². The third-order valence-electron chi connectivity index (χ3n) is 5.32. The average Bonchev–Trinajstić information content (AvgIpc) is 3.25. The van der Waals surface area contributed by atoms with E-state index in [0.717, 1.165) is 12.3 Å². The molecule has 0 saturated heterocycles. The second-order valence-corrected chi connectivity index (χ2v) is 7.40. The van der Waals surface area contributed by atoms with E-state index in [-0.39, 0.29) is 17.0 Å². The lowest BCUT2D eigenvalue weighted by molar-refractivity contribution is -0.137. The molecule has 4 aromatic rings. The first-order valence-electron chi connectivity index (χ1n) is 10.4. The molecule has 35 heavy (non-hydrogen) atoms. The van der Waals surface area contributed by atoms with E-state index in [9.17, 15) is 18.4 Å². The van der Waals surface area contributed by atoms with Crippen LogP contribution in [0, 0.1) is 11.3 Å². The Kier molecular flexibility index (Phi) is 6.60. The lowest BCUT2D eigenvalue weighted by Crippen LogP contribution is -2.08. The first-order valence-corrected chi connectivity index (χ1v) is 10.4. The summed E-state index contributed by atoms with van der Waals surface area (Å²) in [7, 11) is 3.09. The van der Waals surface area contributed by atoms with Crippen molar-refractivity contribution < 1.29 is 27.1 Å². The van der Waals surface area contributed by atoms with Gasteiger partial charge in [-0.05, 0) is 48.0 Å². The van der Waals surface area contributed by atoms with Crippen LogP contribution in [-0.4, -0.2) is 20.4 Å². The number of ether oxygens (including phenoxy) is 2. The molecule has 0 N–H and O–H groups in total. The molecule has 176 valence electrons. The summed E-state index contributed by atoms with van der Waals surface area (Å²) in [5.41, 5.74) is 0.898. The summed E-state index contributed by atoms with van der Waals surface area (Å²) >= 11 is 0. The van der Waals surface area contributed by atoms with E-state index in [4.69, 9.17) is 13.9 Å². The van der Waals surface area contributed by atoms with Gasteiger partial charge in [-0.2, -0.15) is 18.4 Å². The number of nitrogens with zero attached hydrogens (tertiary/aromatic N) is 2. The molecule has 0 amide bonds. The minimum Gasteiger partial charge on any atom is -0.497 e. The fraction of sp³-hybridized carbons (Fsp3) is 0.111. The van der Waals surface area contributed by atoms with Crippen molar-refractivity contribution in [2.24, 2.45) is 4.99 Å².